The van der Waals surface area contributed by atoms with E-state index in [-0.39, 0.29) is 22.7 Å². The smallest absolute Gasteiger partial charge is 0.217 e. The predicted octanol–water partition coefficient (Wildman–Crippen LogP) is 5.95. The van der Waals surface area contributed by atoms with Gasteiger partial charge in [0.15, 0.2) is 23.0 Å². The van der Waals surface area contributed by atoms with Gasteiger partial charge in [-0.3, -0.25) is 19.2 Å². The van der Waals surface area contributed by atoms with E-state index in [2.05, 4.69) is 21.3 Å². The second-order valence-electron chi connectivity index (χ2n) is 14.4. The number of aryl methyl sites for hydroxylation is 2. The summed E-state index contributed by atoms with van der Waals surface area (Å²) >= 11 is 0. The molecule has 0 aromatic heterocycles. The maximum absolute atomic E-state index is 13.8. The number of benzene rings is 2. The van der Waals surface area contributed by atoms with Crippen LogP contribution in [0.5, 0.6) is 34.5 Å². The average molecular weight is 809 g/mol. The predicted molar refractivity (Wildman–Crippen MR) is 227 cm³/mol. The molecule has 14 heteroatoms. The van der Waals surface area contributed by atoms with Crippen molar-refractivity contribution in [2.75, 3.05) is 66.4 Å². The summed E-state index contributed by atoms with van der Waals surface area (Å²) in [5.74, 6) is 2.44. The number of carbonyl (C=O) groups is 2. The van der Waals surface area contributed by atoms with Crippen LogP contribution in [0.25, 0.3) is 22.3 Å². The monoisotopic (exact) mass is 808 g/mol. The second-order valence-corrected chi connectivity index (χ2v) is 14.4. The van der Waals surface area contributed by atoms with Crippen LogP contribution in [0.3, 0.4) is 0 Å². The molecule has 0 aliphatic heterocycles. The number of rotatable bonds is 14. The Morgan fingerprint density at radius 3 is 1.29 bits per heavy atom. The van der Waals surface area contributed by atoms with E-state index in [0.717, 1.165) is 33.4 Å². The summed E-state index contributed by atoms with van der Waals surface area (Å²) in [6.07, 6.45) is 2.84. The van der Waals surface area contributed by atoms with E-state index in [9.17, 15) is 19.2 Å². The molecule has 2 aliphatic rings. The summed E-state index contributed by atoms with van der Waals surface area (Å²) in [5, 5.41) is 12.6. The Morgan fingerprint density at radius 1 is 0.559 bits per heavy atom. The lowest BCUT2D eigenvalue weighted by Gasteiger charge is -2.19. The van der Waals surface area contributed by atoms with Gasteiger partial charge in [-0.25, -0.2) is 0 Å². The topological polar surface area (TPSA) is 172 Å². The Kier molecular flexibility index (Phi) is 13.2. The van der Waals surface area contributed by atoms with E-state index < -0.39 is 12.1 Å². The highest BCUT2D eigenvalue weighted by Crippen LogP contribution is 2.51. The van der Waals surface area contributed by atoms with Crippen molar-refractivity contribution in [3.63, 3.8) is 0 Å². The summed E-state index contributed by atoms with van der Waals surface area (Å²) in [6.45, 7) is 3.75. The molecular weight excluding hydrogens is 757 g/mol. The summed E-state index contributed by atoms with van der Waals surface area (Å²) in [5.41, 5.74) is 6.49. The van der Waals surface area contributed by atoms with Gasteiger partial charge in [-0.05, 0) is 102 Å². The first kappa shape index (κ1) is 42.2. The molecule has 0 fully saturated rings. The first-order valence-corrected chi connectivity index (χ1v) is 19.5. The molecule has 312 valence electrons. The van der Waals surface area contributed by atoms with Gasteiger partial charge in [-0.15, -0.1) is 0 Å². The molecular formula is C45H52N4O10. The zero-order valence-corrected chi connectivity index (χ0v) is 34.8. The summed E-state index contributed by atoms with van der Waals surface area (Å²) < 4.78 is 34.4. The summed E-state index contributed by atoms with van der Waals surface area (Å²) in [6, 6.07) is 13.4. The van der Waals surface area contributed by atoms with Crippen molar-refractivity contribution >= 4 is 23.2 Å². The number of anilines is 2. The minimum Gasteiger partial charge on any atom is -0.493 e. The molecule has 4 aromatic rings. The SMILES string of the molecule is COc1cc2c(c(OC)c1OC)-c1ccc(NCCCNc3ccc4c(cc3=O)C(NC(C)=O)CCc3cc(OC)c(OC)c(OC)c3-4)c(=O)cc1C(NC(C)=O)CC2. The van der Waals surface area contributed by atoms with Crippen LogP contribution in [0.15, 0.2) is 58.1 Å². The summed E-state index contributed by atoms with van der Waals surface area (Å²) in [7, 11) is 9.34. The fraction of sp³-hybridized carbons (Fsp3) is 0.378. The fourth-order valence-electron chi connectivity index (χ4n) is 8.24. The van der Waals surface area contributed by atoms with Crippen molar-refractivity contribution in [2.45, 2.75) is 58.0 Å². The van der Waals surface area contributed by atoms with Gasteiger partial charge in [-0.1, -0.05) is 12.1 Å². The number of ether oxygens (including phenoxy) is 6. The maximum Gasteiger partial charge on any atom is 0.217 e. The first-order chi connectivity index (χ1) is 28.5. The van der Waals surface area contributed by atoms with Gasteiger partial charge in [0, 0.05) is 38.1 Å². The minimum absolute atomic E-state index is 0.208. The van der Waals surface area contributed by atoms with Crippen LogP contribution in [0, 0.1) is 0 Å². The van der Waals surface area contributed by atoms with E-state index in [1.54, 1.807) is 66.9 Å². The van der Waals surface area contributed by atoms with Crippen LogP contribution in [0.4, 0.5) is 11.4 Å². The zero-order chi connectivity index (χ0) is 42.4. The van der Waals surface area contributed by atoms with Gasteiger partial charge in [0.05, 0.1) is 66.1 Å². The van der Waals surface area contributed by atoms with Crippen LogP contribution < -0.4 is 60.5 Å². The minimum atomic E-state index is -0.426. The standard InChI is InChI=1S/C45H52N4O10/c1-24(50)48-32-14-10-26-20-38(54-3)42(56-5)44(58-7)40(26)28-12-16-34(36(52)22-30(28)32)46-18-9-19-47-35-17-13-29-31(23-37(35)53)33(49-25(2)51)15-11-27-21-39(55-4)43(57-6)45(59-8)41(27)29/h12-13,16-17,20-23,32-33H,9-11,14-15,18-19H2,1-8H3,(H,46,52)(H,47,53)(H,48,50)(H,49,51). The number of methoxy groups -OCH3 is 6. The largest absolute Gasteiger partial charge is 0.493 e. The number of hydrogen-bond donors (Lipinski definition) is 4. The van der Waals surface area contributed by atoms with Gasteiger partial charge in [0.2, 0.25) is 34.2 Å². The maximum atomic E-state index is 13.8. The second kappa shape index (κ2) is 18.4. The van der Waals surface area contributed by atoms with E-state index in [1.165, 1.54) is 13.8 Å². The van der Waals surface area contributed by atoms with E-state index >= 15 is 0 Å². The van der Waals surface area contributed by atoms with Gasteiger partial charge in [0.1, 0.15) is 0 Å². The molecule has 0 bridgehead atoms. The molecule has 2 amide bonds. The first-order valence-electron chi connectivity index (χ1n) is 19.5. The Morgan fingerprint density at radius 2 is 0.949 bits per heavy atom. The number of fused-ring (bicyclic) bond motifs is 6. The number of nitrogens with one attached hydrogen (secondary N) is 4. The lowest BCUT2D eigenvalue weighted by atomic mass is 9.95. The Hall–Kier alpha value is -6.44. The highest BCUT2D eigenvalue weighted by Gasteiger charge is 2.31. The van der Waals surface area contributed by atoms with Crippen LogP contribution in [0.1, 0.15) is 67.4 Å². The molecule has 59 heavy (non-hydrogen) atoms. The van der Waals surface area contributed by atoms with Gasteiger partial charge < -0.3 is 49.7 Å². The van der Waals surface area contributed by atoms with Crippen LogP contribution in [-0.2, 0) is 22.4 Å². The fourth-order valence-corrected chi connectivity index (χ4v) is 8.24. The van der Waals surface area contributed by atoms with Crippen molar-refractivity contribution in [1.82, 2.24) is 10.6 Å². The Labute approximate surface area is 343 Å². The molecule has 2 unspecified atom stereocenters. The van der Waals surface area contributed by atoms with Crippen molar-refractivity contribution in [3.8, 4) is 56.8 Å². The number of hydrogen-bond acceptors (Lipinski definition) is 12. The molecule has 4 N–H and O–H groups in total. The molecule has 2 aliphatic carbocycles. The Bertz CT molecular complexity index is 2220. The number of carbonyl (C=O) groups excluding carboxylic acids is 2. The van der Waals surface area contributed by atoms with E-state index in [0.29, 0.717) is 102 Å². The third-order valence-corrected chi connectivity index (χ3v) is 10.8. The highest BCUT2D eigenvalue weighted by atomic mass is 16.5. The molecule has 0 saturated heterocycles. The van der Waals surface area contributed by atoms with Crippen LogP contribution in [-0.4, -0.2) is 67.6 Å². The average Bonchev–Trinajstić information content (AvgIpc) is 3.61. The van der Waals surface area contributed by atoms with Crippen molar-refractivity contribution < 1.29 is 38.0 Å². The molecule has 0 heterocycles. The molecule has 4 aromatic carbocycles. The van der Waals surface area contributed by atoms with Gasteiger partial charge >= 0.3 is 0 Å². The van der Waals surface area contributed by atoms with Crippen molar-refractivity contribution in [3.05, 3.63) is 91.2 Å². The molecule has 6 rings (SSSR count). The summed E-state index contributed by atoms with van der Waals surface area (Å²) in [4.78, 5) is 52.2. The van der Waals surface area contributed by atoms with Crippen LogP contribution >= 0.6 is 0 Å². The molecule has 14 nitrogen and oxygen atoms in total. The van der Waals surface area contributed by atoms with Gasteiger partial charge in [0.25, 0.3) is 0 Å². The third kappa shape index (κ3) is 8.57. The number of amides is 2. The zero-order valence-electron chi connectivity index (χ0n) is 34.8. The van der Waals surface area contributed by atoms with Gasteiger partial charge in [-0.2, -0.15) is 0 Å². The van der Waals surface area contributed by atoms with Crippen LogP contribution in [0.2, 0.25) is 0 Å². The lowest BCUT2D eigenvalue weighted by molar-refractivity contribution is -0.120. The molecule has 0 radical (unpaired) electrons. The Balaban J connectivity index is 1.27. The lowest BCUT2D eigenvalue weighted by Crippen LogP contribution is -2.26. The van der Waals surface area contributed by atoms with Crippen molar-refractivity contribution in [2.24, 2.45) is 0 Å². The molecule has 0 spiro atoms. The highest BCUT2D eigenvalue weighted by molar-refractivity contribution is 5.85. The van der Waals surface area contributed by atoms with E-state index in [1.807, 2.05) is 24.3 Å². The normalized spacial score (nSPS) is 15.0. The van der Waals surface area contributed by atoms with E-state index in [4.69, 9.17) is 28.4 Å². The van der Waals surface area contributed by atoms with Crippen molar-refractivity contribution in [1.29, 1.82) is 0 Å². The quantitative estimate of drug-likeness (QED) is 0.111. The molecule has 2 atom stereocenters. The third-order valence-electron chi connectivity index (χ3n) is 10.8. The molecule has 0 saturated carbocycles.